The van der Waals surface area contributed by atoms with Crippen LogP contribution in [-0.2, 0) is 9.53 Å². The molecule has 1 aliphatic rings. The van der Waals surface area contributed by atoms with Gasteiger partial charge in [0.2, 0.25) is 6.79 Å². The van der Waals surface area contributed by atoms with E-state index in [0.29, 0.717) is 22.7 Å². The van der Waals surface area contributed by atoms with E-state index in [4.69, 9.17) is 25.8 Å². The molecular formula is C25H19ClN2O6. The van der Waals surface area contributed by atoms with Gasteiger partial charge in [-0.05, 0) is 54.1 Å². The first-order valence-corrected chi connectivity index (χ1v) is 10.5. The van der Waals surface area contributed by atoms with Crippen LogP contribution in [0.3, 0.4) is 0 Å². The molecule has 0 aliphatic carbocycles. The van der Waals surface area contributed by atoms with Gasteiger partial charge in [-0.3, -0.25) is 9.59 Å². The molecule has 0 radical (unpaired) electrons. The Labute approximate surface area is 200 Å². The van der Waals surface area contributed by atoms with Gasteiger partial charge in [-0.2, -0.15) is 0 Å². The van der Waals surface area contributed by atoms with Gasteiger partial charge in [0.15, 0.2) is 11.5 Å². The minimum absolute atomic E-state index is 0.0488. The summed E-state index contributed by atoms with van der Waals surface area (Å²) in [7, 11) is 1.27. The van der Waals surface area contributed by atoms with Gasteiger partial charge in [-0.25, -0.2) is 4.79 Å². The number of fused-ring (bicyclic) bond motifs is 1. The van der Waals surface area contributed by atoms with Crippen LogP contribution in [0.5, 0.6) is 11.5 Å². The lowest BCUT2D eigenvalue weighted by molar-refractivity contribution is -0.113. The average Bonchev–Trinajstić information content (AvgIpc) is 3.31. The van der Waals surface area contributed by atoms with Crippen molar-refractivity contribution in [1.29, 1.82) is 0 Å². The molecule has 0 spiro atoms. The van der Waals surface area contributed by atoms with Gasteiger partial charge in [0, 0.05) is 5.69 Å². The molecule has 1 aliphatic heterocycles. The molecule has 0 atom stereocenters. The molecule has 0 aromatic heterocycles. The highest BCUT2D eigenvalue weighted by Gasteiger charge is 2.19. The summed E-state index contributed by atoms with van der Waals surface area (Å²) in [4.78, 5) is 37.8. The zero-order valence-electron chi connectivity index (χ0n) is 18.0. The van der Waals surface area contributed by atoms with E-state index in [1.165, 1.54) is 19.3 Å². The number of halogens is 1. The Kier molecular flexibility index (Phi) is 6.79. The van der Waals surface area contributed by atoms with E-state index in [1.54, 1.807) is 60.7 Å². The number of rotatable bonds is 6. The Morgan fingerprint density at radius 3 is 2.56 bits per heavy atom. The number of anilines is 1. The first-order chi connectivity index (χ1) is 16.4. The van der Waals surface area contributed by atoms with Crippen LogP contribution in [-0.4, -0.2) is 31.7 Å². The SMILES string of the molecule is COC(=O)c1cccc(NC(=O)C(=Cc2ccc3c(c2)OCO3)NC(=O)c2ccccc2Cl)c1. The summed E-state index contributed by atoms with van der Waals surface area (Å²) >= 11 is 6.14. The Hall–Kier alpha value is -4.30. The third-order valence-electron chi connectivity index (χ3n) is 4.86. The summed E-state index contributed by atoms with van der Waals surface area (Å²) in [5, 5.41) is 5.55. The highest BCUT2D eigenvalue weighted by Crippen LogP contribution is 2.33. The topological polar surface area (TPSA) is 103 Å². The van der Waals surface area contributed by atoms with E-state index in [0.717, 1.165) is 0 Å². The second-order valence-electron chi connectivity index (χ2n) is 7.13. The number of nitrogens with one attached hydrogen (secondary N) is 2. The van der Waals surface area contributed by atoms with Gasteiger partial charge in [0.05, 0.1) is 23.3 Å². The normalized spacial score (nSPS) is 12.1. The van der Waals surface area contributed by atoms with Crippen molar-refractivity contribution in [3.05, 3.63) is 94.1 Å². The van der Waals surface area contributed by atoms with Gasteiger partial charge in [-0.15, -0.1) is 0 Å². The molecule has 3 aromatic rings. The van der Waals surface area contributed by atoms with Crippen molar-refractivity contribution in [3.63, 3.8) is 0 Å². The highest BCUT2D eigenvalue weighted by molar-refractivity contribution is 6.34. The quantitative estimate of drug-likeness (QED) is 0.405. The first kappa shape index (κ1) is 22.9. The molecule has 1 heterocycles. The summed E-state index contributed by atoms with van der Waals surface area (Å²) < 4.78 is 15.4. The molecule has 2 amide bonds. The summed E-state index contributed by atoms with van der Waals surface area (Å²) in [5.74, 6) is -0.602. The van der Waals surface area contributed by atoms with Crippen LogP contribution in [0, 0.1) is 0 Å². The van der Waals surface area contributed by atoms with Gasteiger partial charge in [-0.1, -0.05) is 35.9 Å². The van der Waals surface area contributed by atoms with E-state index in [1.807, 2.05) is 0 Å². The number of amides is 2. The van der Waals surface area contributed by atoms with Gasteiger partial charge >= 0.3 is 5.97 Å². The number of hydrogen-bond acceptors (Lipinski definition) is 6. The van der Waals surface area contributed by atoms with Gasteiger partial charge in [0.25, 0.3) is 11.8 Å². The molecule has 4 rings (SSSR count). The fourth-order valence-corrected chi connectivity index (χ4v) is 3.42. The number of carbonyl (C=O) groups excluding carboxylic acids is 3. The van der Waals surface area contributed by atoms with Crippen LogP contribution in [0.1, 0.15) is 26.3 Å². The van der Waals surface area contributed by atoms with Crippen molar-refractivity contribution < 1.29 is 28.6 Å². The Bertz CT molecular complexity index is 1300. The molecule has 34 heavy (non-hydrogen) atoms. The third-order valence-corrected chi connectivity index (χ3v) is 5.19. The fourth-order valence-electron chi connectivity index (χ4n) is 3.20. The second kappa shape index (κ2) is 10.1. The predicted octanol–water partition coefficient (Wildman–Crippen LogP) is 4.26. The second-order valence-corrected chi connectivity index (χ2v) is 7.54. The van der Waals surface area contributed by atoms with Crippen LogP contribution < -0.4 is 20.1 Å². The van der Waals surface area contributed by atoms with Crippen molar-refractivity contribution in [2.75, 3.05) is 19.2 Å². The zero-order chi connectivity index (χ0) is 24.1. The van der Waals surface area contributed by atoms with Gasteiger partial charge < -0.3 is 24.8 Å². The lowest BCUT2D eigenvalue weighted by atomic mass is 10.1. The molecule has 9 heteroatoms. The molecule has 0 bridgehead atoms. The number of ether oxygens (including phenoxy) is 3. The zero-order valence-corrected chi connectivity index (χ0v) is 18.7. The van der Waals surface area contributed by atoms with Crippen LogP contribution in [0.2, 0.25) is 5.02 Å². The molecule has 0 saturated heterocycles. The fraction of sp³-hybridized carbons (Fsp3) is 0.0800. The third kappa shape index (κ3) is 5.19. The van der Waals surface area contributed by atoms with E-state index in [2.05, 4.69) is 10.6 Å². The Morgan fingerprint density at radius 2 is 1.76 bits per heavy atom. The van der Waals surface area contributed by atoms with Gasteiger partial charge in [0.1, 0.15) is 5.70 Å². The molecule has 0 saturated carbocycles. The molecular weight excluding hydrogens is 460 g/mol. The van der Waals surface area contributed by atoms with Crippen molar-refractivity contribution in [2.24, 2.45) is 0 Å². The van der Waals surface area contributed by atoms with E-state index in [-0.39, 0.29) is 28.6 Å². The van der Waals surface area contributed by atoms with Crippen LogP contribution >= 0.6 is 11.6 Å². The predicted molar refractivity (Wildman–Crippen MR) is 126 cm³/mol. The Morgan fingerprint density at radius 1 is 0.971 bits per heavy atom. The minimum Gasteiger partial charge on any atom is -0.465 e. The minimum atomic E-state index is -0.611. The maximum Gasteiger partial charge on any atom is 0.337 e. The molecule has 2 N–H and O–H groups in total. The lowest BCUT2D eigenvalue weighted by Crippen LogP contribution is -2.31. The maximum absolute atomic E-state index is 13.2. The molecule has 172 valence electrons. The highest BCUT2D eigenvalue weighted by atomic mass is 35.5. The van der Waals surface area contributed by atoms with Crippen molar-refractivity contribution in [3.8, 4) is 11.5 Å². The van der Waals surface area contributed by atoms with E-state index in [9.17, 15) is 14.4 Å². The summed E-state index contributed by atoms with van der Waals surface area (Å²) in [6.07, 6.45) is 1.50. The average molecular weight is 479 g/mol. The molecule has 3 aromatic carbocycles. The largest absolute Gasteiger partial charge is 0.465 e. The molecule has 0 fully saturated rings. The number of esters is 1. The first-order valence-electron chi connectivity index (χ1n) is 10.1. The summed E-state index contributed by atoms with van der Waals surface area (Å²) in [6, 6.07) is 17.9. The number of hydrogen-bond donors (Lipinski definition) is 2. The number of benzene rings is 3. The number of methoxy groups -OCH3 is 1. The lowest BCUT2D eigenvalue weighted by Gasteiger charge is -2.12. The van der Waals surface area contributed by atoms with E-state index < -0.39 is 17.8 Å². The van der Waals surface area contributed by atoms with Crippen molar-refractivity contribution >= 4 is 41.1 Å². The van der Waals surface area contributed by atoms with Crippen LogP contribution in [0.4, 0.5) is 5.69 Å². The summed E-state index contributed by atoms with van der Waals surface area (Å²) in [5.41, 5.74) is 1.36. The number of carbonyl (C=O) groups is 3. The van der Waals surface area contributed by atoms with E-state index >= 15 is 0 Å². The maximum atomic E-state index is 13.2. The molecule has 8 nitrogen and oxygen atoms in total. The van der Waals surface area contributed by atoms with Crippen molar-refractivity contribution in [2.45, 2.75) is 0 Å². The van der Waals surface area contributed by atoms with Crippen molar-refractivity contribution in [1.82, 2.24) is 5.32 Å². The van der Waals surface area contributed by atoms with Crippen LogP contribution in [0.15, 0.2) is 72.4 Å². The Balaban J connectivity index is 1.64. The summed E-state index contributed by atoms with van der Waals surface area (Å²) in [6.45, 7) is 0.107. The monoisotopic (exact) mass is 478 g/mol. The van der Waals surface area contributed by atoms with Crippen LogP contribution in [0.25, 0.3) is 6.08 Å². The standard InChI is InChI=1S/C25H19ClN2O6/c1-32-25(31)16-5-4-6-17(13-16)27-24(30)20(28-23(29)18-7-2-3-8-19(18)26)11-15-9-10-21-22(12-15)34-14-33-21/h2-13H,14H2,1H3,(H,27,30)(H,28,29). The molecule has 0 unspecified atom stereocenters. The smallest absolute Gasteiger partial charge is 0.337 e.